The van der Waals surface area contributed by atoms with Crippen LogP contribution in [0.2, 0.25) is 0 Å². The Morgan fingerprint density at radius 1 is 1.00 bits per heavy atom. The molecule has 0 aliphatic heterocycles. The van der Waals surface area contributed by atoms with E-state index in [9.17, 15) is 0 Å². The zero-order chi connectivity index (χ0) is 15.4. The van der Waals surface area contributed by atoms with Crippen LogP contribution in [0.15, 0.2) is 48.5 Å². The predicted molar refractivity (Wildman–Crippen MR) is 90.4 cm³/mol. The molecule has 0 atom stereocenters. The molecule has 3 rings (SSSR count). The summed E-state index contributed by atoms with van der Waals surface area (Å²) in [5.41, 5.74) is 3.54. The van der Waals surface area contributed by atoms with E-state index < -0.39 is 0 Å². The molecule has 3 heteroatoms. The number of fused-ring (bicyclic) bond motifs is 1. The molecule has 0 fully saturated rings. The zero-order valence-corrected chi connectivity index (χ0v) is 13.2. The van der Waals surface area contributed by atoms with E-state index in [1.54, 1.807) is 0 Å². The van der Waals surface area contributed by atoms with Crippen LogP contribution >= 0.6 is 0 Å². The van der Waals surface area contributed by atoms with Gasteiger partial charge in [0.15, 0.2) is 0 Å². The van der Waals surface area contributed by atoms with Gasteiger partial charge >= 0.3 is 0 Å². The number of hydrogen-bond acceptors (Lipinski definition) is 2. The smallest absolute Gasteiger partial charge is 0.119 e. The van der Waals surface area contributed by atoms with E-state index in [0.29, 0.717) is 0 Å². The minimum Gasteiger partial charge on any atom is -0.494 e. The Morgan fingerprint density at radius 2 is 1.86 bits per heavy atom. The Hall–Kier alpha value is -2.29. The molecule has 0 bridgehead atoms. The van der Waals surface area contributed by atoms with Gasteiger partial charge in [-0.05, 0) is 56.5 Å². The lowest BCUT2D eigenvalue weighted by molar-refractivity contribution is 0.303. The van der Waals surface area contributed by atoms with Crippen molar-refractivity contribution in [2.45, 2.75) is 33.2 Å². The molecule has 114 valence electrons. The number of rotatable bonds is 6. The predicted octanol–water partition coefficient (Wildman–Crippen LogP) is 4.51. The van der Waals surface area contributed by atoms with Crippen LogP contribution in [0.5, 0.6) is 5.75 Å². The topological polar surface area (TPSA) is 27.1 Å². The lowest BCUT2D eigenvalue weighted by atomic mass is 10.2. The lowest BCUT2D eigenvalue weighted by Crippen LogP contribution is -2.03. The Labute approximate surface area is 131 Å². The van der Waals surface area contributed by atoms with Gasteiger partial charge in [-0.25, -0.2) is 4.98 Å². The molecule has 22 heavy (non-hydrogen) atoms. The molecule has 3 nitrogen and oxygen atoms in total. The second-order valence-electron chi connectivity index (χ2n) is 5.67. The van der Waals surface area contributed by atoms with Gasteiger partial charge in [-0.2, -0.15) is 0 Å². The van der Waals surface area contributed by atoms with Gasteiger partial charge in [0, 0.05) is 6.54 Å². The second-order valence-corrected chi connectivity index (χ2v) is 5.67. The average Bonchev–Trinajstić information content (AvgIpc) is 2.83. The highest BCUT2D eigenvalue weighted by Crippen LogP contribution is 2.17. The summed E-state index contributed by atoms with van der Waals surface area (Å²) in [4.78, 5) is 4.60. The van der Waals surface area contributed by atoms with Crippen molar-refractivity contribution in [3.63, 3.8) is 0 Å². The molecule has 2 aromatic carbocycles. The van der Waals surface area contributed by atoms with E-state index in [4.69, 9.17) is 4.74 Å². The van der Waals surface area contributed by atoms with E-state index in [1.807, 2.05) is 18.2 Å². The van der Waals surface area contributed by atoms with Crippen molar-refractivity contribution in [3.8, 4) is 5.75 Å². The number of nitrogens with zero attached hydrogens (tertiary/aromatic N) is 2. The van der Waals surface area contributed by atoms with Crippen molar-refractivity contribution >= 4 is 11.0 Å². The number of unbranched alkanes of at least 4 members (excludes halogenated alkanes) is 1. The fraction of sp³-hybridized carbons (Fsp3) is 0.316. The number of benzene rings is 2. The maximum absolute atomic E-state index is 5.80. The summed E-state index contributed by atoms with van der Waals surface area (Å²) in [6, 6.07) is 16.5. The summed E-state index contributed by atoms with van der Waals surface area (Å²) in [5, 5.41) is 0. The molecule has 1 aromatic heterocycles. The number of imidazole rings is 1. The minimum atomic E-state index is 0.759. The minimum absolute atomic E-state index is 0.759. The van der Waals surface area contributed by atoms with Crippen molar-refractivity contribution in [2.24, 2.45) is 0 Å². The molecule has 0 saturated carbocycles. The summed E-state index contributed by atoms with van der Waals surface area (Å²) >= 11 is 0. The maximum Gasteiger partial charge on any atom is 0.119 e. The highest BCUT2D eigenvalue weighted by molar-refractivity contribution is 5.75. The number of aromatic nitrogens is 2. The first-order valence-electron chi connectivity index (χ1n) is 7.85. The normalized spacial score (nSPS) is 11.0. The molecule has 3 aromatic rings. The van der Waals surface area contributed by atoms with Crippen LogP contribution in [0, 0.1) is 13.8 Å². The Kier molecular flexibility index (Phi) is 4.42. The highest BCUT2D eigenvalue weighted by Gasteiger charge is 2.05. The van der Waals surface area contributed by atoms with Crippen LogP contribution in [0.25, 0.3) is 11.0 Å². The summed E-state index contributed by atoms with van der Waals surface area (Å²) in [6.07, 6.45) is 2.13. The van der Waals surface area contributed by atoms with Crippen LogP contribution < -0.4 is 4.74 Å². The number of ether oxygens (including phenoxy) is 1. The van der Waals surface area contributed by atoms with Crippen LogP contribution in [0.4, 0.5) is 0 Å². The molecule has 0 aliphatic rings. The van der Waals surface area contributed by atoms with Gasteiger partial charge in [0.2, 0.25) is 0 Å². The second kappa shape index (κ2) is 6.65. The van der Waals surface area contributed by atoms with Gasteiger partial charge < -0.3 is 9.30 Å². The zero-order valence-electron chi connectivity index (χ0n) is 13.2. The van der Waals surface area contributed by atoms with Crippen molar-refractivity contribution in [2.75, 3.05) is 6.61 Å². The van der Waals surface area contributed by atoms with Gasteiger partial charge in [-0.3, -0.25) is 0 Å². The Balaban J connectivity index is 1.51. The molecule has 0 amide bonds. The van der Waals surface area contributed by atoms with E-state index >= 15 is 0 Å². The maximum atomic E-state index is 5.80. The Morgan fingerprint density at radius 3 is 2.73 bits per heavy atom. The Bertz CT molecular complexity index is 761. The molecule has 0 N–H and O–H groups in total. The molecule has 0 radical (unpaired) electrons. The molecule has 0 unspecified atom stereocenters. The third-order valence-corrected chi connectivity index (χ3v) is 3.88. The van der Waals surface area contributed by atoms with Crippen LogP contribution in [-0.4, -0.2) is 16.2 Å². The third-order valence-electron chi connectivity index (χ3n) is 3.88. The first-order valence-corrected chi connectivity index (χ1v) is 7.85. The third kappa shape index (κ3) is 3.30. The van der Waals surface area contributed by atoms with Crippen LogP contribution in [-0.2, 0) is 6.54 Å². The molecule has 0 spiro atoms. The molecule has 0 saturated heterocycles. The van der Waals surface area contributed by atoms with Crippen molar-refractivity contribution in [3.05, 3.63) is 59.9 Å². The highest BCUT2D eigenvalue weighted by atomic mass is 16.5. The van der Waals surface area contributed by atoms with Gasteiger partial charge in [0.1, 0.15) is 11.6 Å². The standard InChI is InChI=1S/C19H22N2O/c1-15-8-7-9-17(14-15)22-13-6-5-12-21-16(2)20-18-10-3-4-11-19(18)21/h3-4,7-11,14H,5-6,12-13H2,1-2H3. The van der Waals surface area contributed by atoms with E-state index in [2.05, 4.69) is 53.7 Å². The summed E-state index contributed by atoms with van der Waals surface area (Å²) in [5.74, 6) is 2.05. The van der Waals surface area contributed by atoms with Gasteiger partial charge in [0.05, 0.1) is 17.6 Å². The van der Waals surface area contributed by atoms with Crippen LogP contribution in [0.3, 0.4) is 0 Å². The van der Waals surface area contributed by atoms with Gasteiger partial charge in [-0.1, -0.05) is 24.3 Å². The molecule has 1 heterocycles. The SMILES string of the molecule is Cc1cccc(OCCCCn2c(C)nc3ccccc32)c1. The van der Waals surface area contributed by atoms with Gasteiger partial charge in [0.25, 0.3) is 0 Å². The average molecular weight is 294 g/mol. The first kappa shape index (κ1) is 14.6. The van der Waals surface area contributed by atoms with Crippen molar-refractivity contribution < 1.29 is 4.74 Å². The van der Waals surface area contributed by atoms with Gasteiger partial charge in [-0.15, -0.1) is 0 Å². The summed E-state index contributed by atoms with van der Waals surface area (Å²) in [7, 11) is 0. The fourth-order valence-corrected chi connectivity index (χ4v) is 2.75. The number of aryl methyl sites for hydroxylation is 3. The molecular formula is C19H22N2O. The quantitative estimate of drug-likeness (QED) is 0.625. The summed E-state index contributed by atoms with van der Waals surface area (Å²) < 4.78 is 8.09. The van der Waals surface area contributed by atoms with Crippen molar-refractivity contribution in [1.29, 1.82) is 0 Å². The largest absolute Gasteiger partial charge is 0.494 e. The fourth-order valence-electron chi connectivity index (χ4n) is 2.75. The summed E-state index contributed by atoms with van der Waals surface area (Å²) in [6.45, 7) is 5.90. The monoisotopic (exact) mass is 294 g/mol. The van der Waals surface area contributed by atoms with E-state index in [1.165, 1.54) is 11.1 Å². The van der Waals surface area contributed by atoms with Crippen LogP contribution in [0.1, 0.15) is 24.2 Å². The van der Waals surface area contributed by atoms with Crippen molar-refractivity contribution in [1.82, 2.24) is 9.55 Å². The number of para-hydroxylation sites is 2. The van der Waals surface area contributed by atoms with E-state index in [-0.39, 0.29) is 0 Å². The first-order chi connectivity index (χ1) is 10.7. The van der Waals surface area contributed by atoms with E-state index in [0.717, 1.165) is 43.1 Å². The lowest BCUT2D eigenvalue weighted by Gasteiger charge is -2.09. The molecule has 0 aliphatic carbocycles. The number of hydrogen-bond donors (Lipinski definition) is 0. The molecular weight excluding hydrogens is 272 g/mol.